The van der Waals surface area contributed by atoms with Crippen LogP contribution in [0.4, 0.5) is 0 Å². The van der Waals surface area contributed by atoms with E-state index >= 15 is 0 Å². The van der Waals surface area contributed by atoms with Gasteiger partial charge < -0.3 is 5.73 Å². The molecule has 2 N–H and O–H groups in total. The van der Waals surface area contributed by atoms with Crippen molar-refractivity contribution in [2.75, 3.05) is 13.1 Å². The highest BCUT2D eigenvalue weighted by Gasteiger charge is 2.30. The van der Waals surface area contributed by atoms with Crippen LogP contribution in [0.5, 0.6) is 0 Å². The number of sulfonamides is 1. The van der Waals surface area contributed by atoms with Gasteiger partial charge in [-0.2, -0.15) is 0 Å². The Labute approximate surface area is 117 Å². The van der Waals surface area contributed by atoms with Gasteiger partial charge in [0.15, 0.2) is 0 Å². The predicted octanol–water partition coefficient (Wildman–Crippen LogP) is 1.86. The van der Waals surface area contributed by atoms with Crippen LogP contribution < -0.4 is 5.73 Å². The lowest BCUT2D eigenvalue weighted by molar-refractivity contribution is 0.471. The van der Waals surface area contributed by atoms with Gasteiger partial charge in [0.2, 0.25) is 10.0 Å². The van der Waals surface area contributed by atoms with Crippen molar-refractivity contribution in [3.63, 3.8) is 0 Å². The van der Waals surface area contributed by atoms with Gasteiger partial charge in [0.25, 0.3) is 0 Å². The van der Waals surface area contributed by atoms with Crippen LogP contribution in [-0.4, -0.2) is 31.9 Å². The fraction of sp³-hybridized carbons (Fsp3) is 0.455. The van der Waals surface area contributed by atoms with Gasteiger partial charge in [0, 0.05) is 34.7 Å². The van der Waals surface area contributed by atoms with Crippen molar-refractivity contribution in [1.82, 2.24) is 4.31 Å². The molecule has 1 saturated heterocycles. The lowest BCUT2D eigenvalue weighted by atomic mass is 10.2. The number of nitrogens with two attached hydrogens (primary N) is 1. The van der Waals surface area contributed by atoms with E-state index < -0.39 is 10.0 Å². The highest BCUT2D eigenvalue weighted by Crippen LogP contribution is 2.28. The maximum Gasteiger partial charge on any atom is 0.218 e. The Balaban J connectivity index is 2.23. The molecule has 100 valence electrons. The molecule has 18 heavy (non-hydrogen) atoms. The second-order valence-corrected chi connectivity index (χ2v) is 7.15. The van der Waals surface area contributed by atoms with Crippen molar-refractivity contribution in [1.29, 1.82) is 0 Å². The highest BCUT2D eigenvalue weighted by molar-refractivity contribution is 7.88. The topological polar surface area (TPSA) is 63.4 Å². The Hall–Kier alpha value is -0.330. The third-order valence-corrected chi connectivity index (χ3v) is 5.45. The van der Waals surface area contributed by atoms with E-state index in [9.17, 15) is 8.42 Å². The third-order valence-electron chi connectivity index (χ3n) is 2.97. The van der Waals surface area contributed by atoms with Gasteiger partial charge >= 0.3 is 0 Å². The SMILES string of the molecule is N[C@H]1CCN(S(=O)(=O)Cc2c(Cl)cccc2Cl)C1. The summed E-state index contributed by atoms with van der Waals surface area (Å²) in [4.78, 5) is 0. The fourth-order valence-electron chi connectivity index (χ4n) is 1.95. The second-order valence-electron chi connectivity index (χ2n) is 4.36. The Morgan fingerprint density at radius 3 is 2.44 bits per heavy atom. The summed E-state index contributed by atoms with van der Waals surface area (Å²) >= 11 is 12.0. The minimum absolute atomic E-state index is 0.0820. The summed E-state index contributed by atoms with van der Waals surface area (Å²) in [5, 5.41) is 0.740. The van der Waals surface area contributed by atoms with E-state index in [1.807, 2.05) is 0 Å². The molecule has 2 rings (SSSR count). The Bertz CT molecular complexity index is 528. The summed E-state index contributed by atoms with van der Waals surface area (Å²) in [6, 6.07) is 4.87. The number of halogens is 2. The lowest BCUT2D eigenvalue weighted by Crippen LogP contribution is -2.32. The first-order valence-corrected chi connectivity index (χ1v) is 7.93. The third kappa shape index (κ3) is 2.97. The summed E-state index contributed by atoms with van der Waals surface area (Å²) in [6.07, 6.45) is 0.690. The average Bonchev–Trinajstić information content (AvgIpc) is 2.71. The van der Waals surface area contributed by atoms with Gasteiger partial charge in [0.1, 0.15) is 0 Å². The normalized spacial score (nSPS) is 21.4. The van der Waals surface area contributed by atoms with E-state index in [1.54, 1.807) is 18.2 Å². The maximum absolute atomic E-state index is 12.2. The molecule has 0 spiro atoms. The molecule has 0 aromatic heterocycles. The van der Waals surface area contributed by atoms with Gasteiger partial charge in [-0.05, 0) is 18.6 Å². The average molecular weight is 309 g/mol. The van der Waals surface area contributed by atoms with E-state index in [0.717, 1.165) is 0 Å². The minimum Gasteiger partial charge on any atom is -0.326 e. The van der Waals surface area contributed by atoms with Crippen molar-refractivity contribution < 1.29 is 8.42 Å². The molecular weight excluding hydrogens is 295 g/mol. The number of hydrogen-bond donors (Lipinski definition) is 1. The molecule has 0 aliphatic carbocycles. The molecule has 1 aliphatic rings. The van der Waals surface area contributed by atoms with Crippen LogP contribution in [0.25, 0.3) is 0 Å². The lowest BCUT2D eigenvalue weighted by Gasteiger charge is -2.17. The molecule has 7 heteroatoms. The van der Waals surface area contributed by atoms with Gasteiger partial charge in [-0.3, -0.25) is 0 Å². The molecule has 4 nitrogen and oxygen atoms in total. The van der Waals surface area contributed by atoms with Gasteiger partial charge in [-0.15, -0.1) is 0 Å². The fourth-order valence-corrected chi connectivity index (χ4v) is 4.30. The largest absolute Gasteiger partial charge is 0.326 e. The van der Waals surface area contributed by atoms with Gasteiger partial charge in [-0.1, -0.05) is 29.3 Å². The molecule has 0 saturated carbocycles. The summed E-state index contributed by atoms with van der Waals surface area (Å²) in [6.45, 7) is 0.829. The minimum atomic E-state index is -3.41. The van der Waals surface area contributed by atoms with E-state index in [1.165, 1.54) is 4.31 Å². The van der Waals surface area contributed by atoms with E-state index in [4.69, 9.17) is 28.9 Å². The van der Waals surface area contributed by atoms with Crippen LogP contribution >= 0.6 is 23.2 Å². The molecule has 0 bridgehead atoms. The number of nitrogens with zero attached hydrogens (tertiary/aromatic N) is 1. The molecule has 1 aromatic carbocycles. The van der Waals surface area contributed by atoms with Crippen molar-refractivity contribution in [2.24, 2.45) is 5.73 Å². The van der Waals surface area contributed by atoms with Crippen molar-refractivity contribution >= 4 is 33.2 Å². The molecule has 0 radical (unpaired) electrons. The van der Waals surface area contributed by atoms with E-state index in [0.29, 0.717) is 35.1 Å². The van der Waals surface area contributed by atoms with Crippen molar-refractivity contribution in [3.05, 3.63) is 33.8 Å². The van der Waals surface area contributed by atoms with Crippen LogP contribution in [0.2, 0.25) is 10.0 Å². The molecular formula is C11H14Cl2N2O2S. The zero-order valence-electron chi connectivity index (χ0n) is 9.64. The van der Waals surface area contributed by atoms with Crippen LogP contribution in [-0.2, 0) is 15.8 Å². The zero-order valence-corrected chi connectivity index (χ0v) is 12.0. The van der Waals surface area contributed by atoms with Crippen molar-refractivity contribution in [3.8, 4) is 0 Å². The number of hydrogen-bond acceptors (Lipinski definition) is 3. The number of rotatable bonds is 3. The Kier molecular flexibility index (Phi) is 4.18. The molecule has 1 aliphatic heterocycles. The molecule has 1 heterocycles. The standard InChI is InChI=1S/C11H14Cl2N2O2S/c12-10-2-1-3-11(13)9(10)7-18(16,17)15-5-4-8(14)6-15/h1-3,8H,4-7,14H2/t8-/m0/s1. The van der Waals surface area contributed by atoms with Crippen LogP contribution in [0, 0.1) is 0 Å². The second kappa shape index (κ2) is 5.35. The molecule has 1 aromatic rings. The van der Waals surface area contributed by atoms with Crippen LogP contribution in [0.3, 0.4) is 0 Å². The molecule has 1 atom stereocenters. The quantitative estimate of drug-likeness (QED) is 0.927. The maximum atomic E-state index is 12.2. The molecule has 1 fully saturated rings. The Morgan fingerprint density at radius 2 is 1.94 bits per heavy atom. The Morgan fingerprint density at radius 1 is 1.33 bits per heavy atom. The smallest absolute Gasteiger partial charge is 0.218 e. The zero-order chi connectivity index (χ0) is 13.3. The van der Waals surface area contributed by atoms with Gasteiger partial charge in [0.05, 0.1) is 5.75 Å². The highest BCUT2D eigenvalue weighted by atomic mass is 35.5. The van der Waals surface area contributed by atoms with Crippen LogP contribution in [0.15, 0.2) is 18.2 Å². The monoisotopic (exact) mass is 308 g/mol. The van der Waals surface area contributed by atoms with E-state index in [2.05, 4.69) is 0 Å². The first-order valence-electron chi connectivity index (χ1n) is 5.56. The predicted molar refractivity (Wildman–Crippen MR) is 73.3 cm³/mol. The summed E-state index contributed by atoms with van der Waals surface area (Å²) in [5.74, 6) is -0.182. The van der Waals surface area contributed by atoms with E-state index in [-0.39, 0.29) is 11.8 Å². The first-order chi connectivity index (χ1) is 8.40. The van der Waals surface area contributed by atoms with Gasteiger partial charge in [-0.25, -0.2) is 12.7 Å². The summed E-state index contributed by atoms with van der Waals surface area (Å²) in [5.41, 5.74) is 6.16. The molecule has 0 unspecified atom stereocenters. The summed E-state index contributed by atoms with van der Waals surface area (Å²) < 4.78 is 25.8. The summed E-state index contributed by atoms with van der Waals surface area (Å²) in [7, 11) is -3.41. The van der Waals surface area contributed by atoms with Crippen molar-refractivity contribution in [2.45, 2.75) is 18.2 Å². The first kappa shape index (κ1) is 14.1. The van der Waals surface area contributed by atoms with Crippen LogP contribution in [0.1, 0.15) is 12.0 Å². The number of benzene rings is 1. The molecule has 0 amide bonds.